The molecule has 0 radical (unpaired) electrons. The highest BCUT2D eigenvalue weighted by atomic mass is 16.5. The first-order chi connectivity index (χ1) is 7.27. The molecule has 2 nitrogen and oxygen atoms in total. The van der Waals surface area contributed by atoms with Crippen molar-refractivity contribution in [2.45, 2.75) is 33.1 Å². The molecular weight excluding hydrogens is 188 g/mol. The van der Waals surface area contributed by atoms with Crippen LogP contribution < -0.4 is 4.74 Å². The van der Waals surface area contributed by atoms with Crippen molar-refractivity contribution in [2.24, 2.45) is 0 Å². The molecular formula is C13H18O2. The van der Waals surface area contributed by atoms with E-state index in [1.54, 1.807) is 6.07 Å². The Balaban J connectivity index is 2.50. The highest BCUT2D eigenvalue weighted by Crippen LogP contribution is 2.18. The highest BCUT2D eigenvalue weighted by Gasteiger charge is 2.00. The second-order valence-corrected chi connectivity index (χ2v) is 3.70. The fourth-order valence-electron chi connectivity index (χ4n) is 1.44. The summed E-state index contributed by atoms with van der Waals surface area (Å²) in [7, 11) is 0. The van der Waals surface area contributed by atoms with Crippen molar-refractivity contribution in [3.63, 3.8) is 0 Å². The van der Waals surface area contributed by atoms with Crippen LogP contribution in [0.25, 0.3) is 0 Å². The van der Waals surface area contributed by atoms with Crippen molar-refractivity contribution in [1.29, 1.82) is 0 Å². The normalized spacial score (nSPS) is 10.0. The van der Waals surface area contributed by atoms with Gasteiger partial charge in [0, 0.05) is 5.56 Å². The molecule has 0 atom stereocenters. The van der Waals surface area contributed by atoms with Crippen LogP contribution >= 0.6 is 0 Å². The first-order valence-electron chi connectivity index (χ1n) is 5.46. The van der Waals surface area contributed by atoms with Gasteiger partial charge in [-0.3, -0.25) is 4.79 Å². The predicted octanol–water partition coefficient (Wildman–Crippen LogP) is 3.38. The molecule has 0 saturated heterocycles. The predicted molar refractivity (Wildman–Crippen MR) is 61.6 cm³/mol. The SMILES string of the molecule is CCCCCOc1ccc(C=O)cc1C. The Morgan fingerprint density at radius 3 is 2.73 bits per heavy atom. The zero-order chi connectivity index (χ0) is 11.1. The van der Waals surface area contributed by atoms with Crippen LogP contribution in [0.15, 0.2) is 18.2 Å². The summed E-state index contributed by atoms with van der Waals surface area (Å²) in [6, 6.07) is 5.50. The maximum absolute atomic E-state index is 10.5. The van der Waals surface area contributed by atoms with Gasteiger partial charge in [0.15, 0.2) is 0 Å². The van der Waals surface area contributed by atoms with Crippen molar-refractivity contribution in [1.82, 2.24) is 0 Å². The van der Waals surface area contributed by atoms with Crippen molar-refractivity contribution < 1.29 is 9.53 Å². The van der Waals surface area contributed by atoms with Crippen LogP contribution in [-0.2, 0) is 0 Å². The van der Waals surface area contributed by atoms with E-state index in [0.717, 1.165) is 30.6 Å². The van der Waals surface area contributed by atoms with Gasteiger partial charge in [-0.15, -0.1) is 0 Å². The number of benzene rings is 1. The van der Waals surface area contributed by atoms with Crippen LogP contribution in [0.5, 0.6) is 5.75 Å². The number of rotatable bonds is 6. The van der Waals surface area contributed by atoms with Gasteiger partial charge in [0.1, 0.15) is 12.0 Å². The third-order valence-electron chi connectivity index (χ3n) is 2.34. The monoisotopic (exact) mass is 206 g/mol. The van der Waals surface area contributed by atoms with Gasteiger partial charge >= 0.3 is 0 Å². The number of aryl methyl sites for hydroxylation is 1. The minimum absolute atomic E-state index is 0.702. The van der Waals surface area contributed by atoms with Gasteiger partial charge in [-0.05, 0) is 37.1 Å². The summed E-state index contributed by atoms with van der Waals surface area (Å²) in [5.41, 5.74) is 1.73. The molecule has 0 aliphatic heterocycles. The average Bonchev–Trinajstić information content (AvgIpc) is 2.26. The molecule has 0 aromatic heterocycles. The van der Waals surface area contributed by atoms with E-state index in [4.69, 9.17) is 4.74 Å². The number of unbranched alkanes of at least 4 members (excludes halogenated alkanes) is 2. The molecule has 1 rings (SSSR count). The second kappa shape index (κ2) is 6.23. The van der Waals surface area contributed by atoms with E-state index in [2.05, 4.69) is 6.92 Å². The van der Waals surface area contributed by atoms with Gasteiger partial charge in [-0.1, -0.05) is 19.8 Å². The van der Waals surface area contributed by atoms with Crippen LogP contribution in [0.3, 0.4) is 0 Å². The Morgan fingerprint density at radius 1 is 1.33 bits per heavy atom. The van der Waals surface area contributed by atoms with Gasteiger partial charge in [-0.25, -0.2) is 0 Å². The lowest BCUT2D eigenvalue weighted by molar-refractivity contribution is 0.112. The maximum Gasteiger partial charge on any atom is 0.150 e. The smallest absolute Gasteiger partial charge is 0.150 e. The Hall–Kier alpha value is -1.31. The third kappa shape index (κ3) is 3.74. The fourth-order valence-corrected chi connectivity index (χ4v) is 1.44. The van der Waals surface area contributed by atoms with E-state index in [9.17, 15) is 4.79 Å². The molecule has 0 amide bonds. The largest absolute Gasteiger partial charge is 0.493 e. The minimum Gasteiger partial charge on any atom is -0.493 e. The Kier molecular flexibility index (Phi) is 4.88. The van der Waals surface area contributed by atoms with Gasteiger partial charge in [-0.2, -0.15) is 0 Å². The van der Waals surface area contributed by atoms with E-state index in [-0.39, 0.29) is 0 Å². The lowest BCUT2D eigenvalue weighted by atomic mass is 10.1. The van der Waals surface area contributed by atoms with Gasteiger partial charge in [0.05, 0.1) is 6.61 Å². The van der Waals surface area contributed by atoms with E-state index in [0.29, 0.717) is 5.56 Å². The van der Waals surface area contributed by atoms with Crippen LogP contribution in [0.1, 0.15) is 42.1 Å². The molecule has 0 aliphatic rings. The Labute approximate surface area is 91.3 Å². The van der Waals surface area contributed by atoms with Crippen molar-refractivity contribution in [3.05, 3.63) is 29.3 Å². The fraction of sp³-hybridized carbons (Fsp3) is 0.462. The molecule has 0 bridgehead atoms. The summed E-state index contributed by atoms with van der Waals surface area (Å²) in [5, 5.41) is 0. The third-order valence-corrected chi connectivity index (χ3v) is 2.34. The van der Waals surface area contributed by atoms with E-state index < -0.39 is 0 Å². The van der Waals surface area contributed by atoms with Gasteiger partial charge < -0.3 is 4.74 Å². The van der Waals surface area contributed by atoms with E-state index in [1.165, 1.54) is 12.8 Å². The van der Waals surface area contributed by atoms with Crippen LogP contribution in [0.4, 0.5) is 0 Å². The molecule has 0 fully saturated rings. The molecule has 2 heteroatoms. The van der Waals surface area contributed by atoms with E-state index >= 15 is 0 Å². The van der Waals surface area contributed by atoms with Crippen molar-refractivity contribution >= 4 is 6.29 Å². The zero-order valence-electron chi connectivity index (χ0n) is 9.45. The first-order valence-corrected chi connectivity index (χ1v) is 5.46. The molecule has 0 N–H and O–H groups in total. The minimum atomic E-state index is 0.702. The summed E-state index contributed by atoms with van der Waals surface area (Å²) < 4.78 is 5.62. The second-order valence-electron chi connectivity index (χ2n) is 3.70. The van der Waals surface area contributed by atoms with Crippen LogP contribution in [0.2, 0.25) is 0 Å². The Bertz CT molecular complexity index is 318. The number of hydrogen-bond acceptors (Lipinski definition) is 2. The average molecular weight is 206 g/mol. The quantitative estimate of drug-likeness (QED) is 0.527. The number of carbonyl (C=O) groups excluding carboxylic acids is 1. The van der Waals surface area contributed by atoms with Crippen LogP contribution in [-0.4, -0.2) is 12.9 Å². The molecule has 0 spiro atoms. The molecule has 0 aliphatic carbocycles. The summed E-state index contributed by atoms with van der Waals surface area (Å²) in [6.45, 7) is 4.89. The topological polar surface area (TPSA) is 26.3 Å². The summed E-state index contributed by atoms with van der Waals surface area (Å²) >= 11 is 0. The molecule has 15 heavy (non-hydrogen) atoms. The molecule has 0 unspecified atom stereocenters. The molecule has 1 aromatic carbocycles. The highest BCUT2D eigenvalue weighted by molar-refractivity contribution is 5.75. The maximum atomic E-state index is 10.5. The number of hydrogen-bond donors (Lipinski definition) is 0. The number of carbonyl (C=O) groups is 1. The van der Waals surface area contributed by atoms with Crippen molar-refractivity contribution in [2.75, 3.05) is 6.61 Å². The number of aldehydes is 1. The number of ether oxygens (including phenoxy) is 1. The van der Waals surface area contributed by atoms with Crippen LogP contribution in [0, 0.1) is 6.92 Å². The summed E-state index contributed by atoms with van der Waals surface area (Å²) in [4.78, 5) is 10.5. The standard InChI is InChI=1S/C13H18O2/c1-3-4-5-8-15-13-7-6-12(10-14)9-11(13)2/h6-7,9-10H,3-5,8H2,1-2H3. The Morgan fingerprint density at radius 2 is 2.13 bits per heavy atom. The summed E-state index contributed by atoms with van der Waals surface area (Å²) in [6.07, 6.45) is 4.34. The molecule has 1 aromatic rings. The lowest BCUT2D eigenvalue weighted by Gasteiger charge is -2.08. The lowest BCUT2D eigenvalue weighted by Crippen LogP contribution is -1.99. The summed E-state index contributed by atoms with van der Waals surface area (Å²) in [5.74, 6) is 0.886. The molecule has 0 saturated carbocycles. The zero-order valence-corrected chi connectivity index (χ0v) is 9.45. The van der Waals surface area contributed by atoms with Gasteiger partial charge in [0.2, 0.25) is 0 Å². The van der Waals surface area contributed by atoms with Gasteiger partial charge in [0.25, 0.3) is 0 Å². The van der Waals surface area contributed by atoms with Crippen molar-refractivity contribution in [3.8, 4) is 5.75 Å². The van der Waals surface area contributed by atoms with E-state index in [1.807, 2.05) is 19.1 Å². The molecule has 82 valence electrons. The molecule has 0 heterocycles. The first kappa shape index (κ1) is 11.8.